The van der Waals surface area contributed by atoms with Crippen molar-refractivity contribution in [2.75, 3.05) is 17.7 Å². The van der Waals surface area contributed by atoms with E-state index in [1.807, 2.05) is 0 Å². The molecule has 0 aromatic carbocycles. The number of halogens is 1. The monoisotopic (exact) mass is 315 g/mol. The van der Waals surface area contributed by atoms with E-state index in [2.05, 4.69) is 15.3 Å². The Hall–Kier alpha value is -0.720. The fourth-order valence-corrected chi connectivity index (χ4v) is 4.45. The molecule has 1 saturated carbocycles. The smallest absolute Gasteiger partial charge is 0.224 e. The van der Waals surface area contributed by atoms with E-state index in [1.54, 1.807) is 0 Å². The van der Waals surface area contributed by atoms with Crippen LogP contribution >= 0.6 is 11.6 Å². The molecule has 7 heteroatoms. The number of aromatic nitrogens is 2. The van der Waals surface area contributed by atoms with Crippen LogP contribution in [0.2, 0.25) is 5.28 Å². The van der Waals surface area contributed by atoms with Crippen LogP contribution in [0.15, 0.2) is 4.90 Å². The fourth-order valence-electron chi connectivity index (χ4n) is 2.95. The van der Waals surface area contributed by atoms with Gasteiger partial charge in [-0.15, -0.1) is 0 Å². The van der Waals surface area contributed by atoms with Gasteiger partial charge in [0.15, 0.2) is 0 Å². The standard InChI is InChI=1S/C13H18ClN3O2S/c14-13-16-10-5-6-20(19)11(10)12(17-13)15-9-3-1-8(7-18)2-4-9/h8-9,18H,1-7H2,(H,15,16,17)/t8?,9?,20-/m0/s1. The minimum Gasteiger partial charge on any atom is -0.396 e. The fraction of sp³-hybridized carbons (Fsp3) is 0.692. The van der Waals surface area contributed by atoms with E-state index < -0.39 is 10.8 Å². The first-order valence-corrected chi connectivity index (χ1v) is 8.69. The minimum absolute atomic E-state index is 0.217. The van der Waals surface area contributed by atoms with Gasteiger partial charge in [-0.1, -0.05) is 0 Å². The Bertz CT molecular complexity index is 533. The molecule has 1 aliphatic carbocycles. The highest BCUT2D eigenvalue weighted by Gasteiger charge is 2.28. The maximum Gasteiger partial charge on any atom is 0.224 e. The van der Waals surface area contributed by atoms with Gasteiger partial charge in [-0.2, -0.15) is 4.98 Å². The summed E-state index contributed by atoms with van der Waals surface area (Å²) in [5, 5.41) is 12.8. The van der Waals surface area contributed by atoms with E-state index in [0.29, 0.717) is 30.0 Å². The van der Waals surface area contributed by atoms with E-state index in [9.17, 15) is 4.21 Å². The maximum atomic E-state index is 12.1. The van der Waals surface area contributed by atoms with Gasteiger partial charge in [0.1, 0.15) is 10.7 Å². The summed E-state index contributed by atoms with van der Waals surface area (Å²) in [5.41, 5.74) is 0.815. The highest BCUT2D eigenvalue weighted by atomic mass is 35.5. The summed E-state index contributed by atoms with van der Waals surface area (Å²) in [4.78, 5) is 9.14. The van der Waals surface area contributed by atoms with Gasteiger partial charge in [0.2, 0.25) is 5.28 Å². The predicted molar refractivity (Wildman–Crippen MR) is 78.5 cm³/mol. The molecule has 1 aromatic rings. The third-order valence-electron chi connectivity index (χ3n) is 4.11. The van der Waals surface area contributed by atoms with E-state index in [0.717, 1.165) is 36.3 Å². The first-order valence-electron chi connectivity index (χ1n) is 6.99. The zero-order valence-electron chi connectivity index (χ0n) is 11.1. The minimum atomic E-state index is -1.02. The molecule has 1 atom stereocenters. The van der Waals surface area contributed by atoms with Gasteiger partial charge < -0.3 is 10.4 Å². The second kappa shape index (κ2) is 5.95. The molecule has 1 fully saturated rings. The molecule has 0 unspecified atom stereocenters. The van der Waals surface area contributed by atoms with E-state index >= 15 is 0 Å². The molecule has 2 N–H and O–H groups in total. The maximum absolute atomic E-state index is 12.1. The van der Waals surface area contributed by atoms with Crippen molar-refractivity contribution in [1.29, 1.82) is 0 Å². The molecule has 0 saturated heterocycles. The van der Waals surface area contributed by atoms with Crippen LogP contribution in [-0.4, -0.2) is 37.7 Å². The number of fused-ring (bicyclic) bond motifs is 1. The number of aliphatic hydroxyl groups is 1. The summed E-state index contributed by atoms with van der Waals surface area (Å²) in [5.74, 6) is 1.67. The van der Waals surface area contributed by atoms with Gasteiger partial charge in [0.25, 0.3) is 0 Å². The molecule has 3 rings (SSSR count). The molecular formula is C13H18ClN3O2S. The lowest BCUT2D eigenvalue weighted by Crippen LogP contribution is -2.28. The second-order valence-electron chi connectivity index (χ2n) is 5.46. The third kappa shape index (κ3) is 2.82. The van der Waals surface area contributed by atoms with Gasteiger partial charge in [0.05, 0.1) is 16.5 Å². The molecule has 20 heavy (non-hydrogen) atoms. The zero-order chi connectivity index (χ0) is 14.1. The van der Waals surface area contributed by atoms with Crippen molar-refractivity contribution < 1.29 is 9.32 Å². The normalized spacial score (nSPS) is 29.2. The van der Waals surface area contributed by atoms with Crippen molar-refractivity contribution in [1.82, 2.24) is 9.97 Å². The van der Waals surface area contributed by atoms with Gasteiger partial charge in [0, 0.05) is 24.8 Å². The summed E-state index contributed by atoms with van der Waals surface area (Å²) >= 11 is 5.95. The number of nitrogens with one attached hydrogen (secondary N) is 1. The zero-order valence-corrected chi connectivity index (χ0v) is 12.7. The Balaban J connectivity index is 1.77. The SMILES string of the molecule is O=[S@]1CCc2nc(Cl)nc(NC3CCC(CO)CC3)c21. The highest BCUT2D eigenvalue weighted by molar-refractivity contribution is 7.85. The number of nitrogens with zero attached hydrogens (tertiary/aromatic N) is 2. The molecule has 0 radical (unpaired) electrons. The van der Waals surface area contributed by atoms with Gasteiger partial charge >= 0.3 is 0 Å². The van der Waals surface area contributed by atoms with E-state index in [1.165, 1.54) is 0 Å². The third-order valence-corrected chi connectivity index (χ3v) is 5.73. The van der Waals surface area contributed by atoms with E-state index in [4.69, 9.17) is 16.7 Å². The lowest BCUT2D eigenvalue weighted by molar-refractivity contribution is 0.185. The van der Waals surface area contributed by atoms with Crippen molar-refractivity contribution in [3.63, 3.8) is 0 Å². The number of rotatable bonds is 3. The Labute approximate surface area is 125 Å². The lowest BCUT2D eigenvalue weighted by Gasteiger charge is -2.28. The summed E-state index contributed by atoms with van der Waals surface area (Å²) in [7, 11) is -1.02. The van der Waals surface area contributed by atoms with Gasteiger partial charge in [-0.25, -0.2) is 4.98 Å². The molecule has 0 spiro atoms. The lowest BCUT2D eigenvalue weighted by atomic mass is 9.86. The molecule has 1 aromatic heterocycles. The van der Waals surface area contributed by atoms with Crippen molar-refractivity contribution in [2.24, 2.45) is 5.92 Å². The first kappa shape index (κ1) is 14.2. The van der Waals surface area contributed by atoms with E-state index in [-0.39, 0.29) is 11.9 Å². The van der Waals surface area contributed by atoms with Crippen LogP contribution in [0.25, 0.3) is 0 Å². The number of hydrogen-bond donors (Lipinski definition) is 2. The Morgan fingerprint density at radius 1 is 1.30 bits per heavy atom. The largest absolute Gasteiger partial charge is 0.396 e. The highest BCUT2D eigenvalue weighted by Crippen LogP contribution is 2.32. The molecule has 110 valence electrons. The van der Waals surface area contributed by atoms with Crippen molar-refractivity contribution in [3.8, 4) is 0 Å². The van der Waals surface area contributed by atoms with Crippen LogP contribution in [0.3, 0.4) is 0 Å². The molecule has 2 heterocycles. The molecular weight excluding hydrogens is 298 g/mol. The average molecular weight is 316 g/mol. The molecule has 0 amide bonds. The number of anilines is 1. The number of hydrogen-bond acceptors (Lipinski definition) is 5. The summed E-state index contributed by atoms with van der Waals surface area (Å²) < 4.78 is 12.1. The molecule has 0 bridgehead atoms. The predicted octanol–water partition coefficient (Wildman–Crippen LogP) is 1.76. The van der Waals surface area contributed by atoms with Crippen LogP contribution in [0.4, 0.5) is 5.82 Å². The average Bonchev–Trinajstić information content (AvgIpc) is 2.81. The van der Waals surface area contributed by atoms with Gasteiger partial charge in [-0.05, 0) is 43.2 Å². The van der Waals surface area contributed by atoms with Crippen molar-refractivity contribution in [3.05, 3.63) is 11.0 Å². The molecule has 5 nitrogen and oxygen atoms in total. The Kier molecular flexibility index (Phi) is 4.23. The van der Waals surface area contributed by atoms with Crippen LogP contribution in [0.1, 0.15) is 31.4 Å². The summed E-state index contributed by atoms with van der Waals surface area (Å²) in [6, 6.07) is 0.311. The second-order valence-corrected chi connectivity index (χ2v) is 7.31. The quantitative estimate of drug-likeness (QED) is 0.831. The van der Waals surface area contributed by atoms with Crippen molar-refractivity contribution >= 4 is 28.2 Å². The molecule has 2 aliphatic rings. The Morgan fingerprint density at radius 3 is 2.75 bits per heavy atom. The van der Waals surface area contributed by atoms with Crippen LogP contribution in [-0.2, 0) is 17.2 Å². The van der Waals surface area contributed by atoms with Crippen molar-refractivity contribution in [2.45, 2.75) is 43.0 Å². The summed E-state index contributed by atoms with van der Waals surface area (Å²) in [6.07, 6.45) is 4.72. The van der Waals surface area contributed by atoms with Crippen LogP contribution in [0.5, 0.6) is 0 Å². The number of aliphatic hydroxyl groups excluding tert-OH is 1. The van der Waals surface area contributed by atoms with Crippen LogP contribution in [0, 0.1) is 5.92 Å². The summed E-state index contributed by atoms with van der Waals surface area (Å²) in [6.45, 7) is 0.269. The topological polar surface area (TPSA) is 75.1 Å². The number of aryl methyl sites for hydroxylation is 1. The Morgan fingerprint density at radius 2 is 2.05 bits per heavy atom. The molecule has 1 aliphatic heterocycles. The van der Waals surface area contributed by atoms with Crippen LogP contribution < -0.4 is 5.32 Å². The first-order chi connectivity index (χ1) is 9.67. The van der Waals surface area contributed by atoms with Gasteiger partial charge in [-0.3, -0.25) is 4.21 Å².